The van der Waals surface area contributed by atoms with Crippen molar-refractivity contribution in [2.45, 2.75) is 25.0 Å². The third kappa shape index (κ3) is 4.10. The molecule has 21 heavy (non-hydrogen) atoms. The van der Waals surface area contributed by atoms with Crippen LogP contribution in [0.5, 0.6) is 0 Å². The molecule has 1 amide bonds. The van der Waals surface area contributed by atoms with Gasteiger partial charge in [0.1, 0.15) is 0 Å². The van der Waals surface area contributed by atoms with Crippen molar-refractivity contribution in [3.8, 4) is 0 Å². The number of nitrogens with two attached hydrogens (primary N) is 1. The molecule has 0 spiro atoms. The highest BCUT2D eigenvalue weighted by atomic mass is 127. The molecule has 0 aliphatic heterocycles. The molecule has 0 atom stereocenters. The molecule has 0 bridgehead atoms. The molecule has 0 saturated carbocycles. The summed E-state index contributed by atoms with van der Waals surface area (Å²) in [5.41, 5.74) is 6.58. The van der Waals surface area contributed by atoms with E-state index in [1.54, 1.807) is 0 Å². The Morgan fingerprint density at radius 2 is 2.14 bits per heavy atom. The molecule has 0 radical (unpaired) electrons. The van der Waals surface area contributed by atoms with Gasteiger partial charge in [-0.2, -0.15) is 0 Å². The van der Waals surface area contributed by atoms with Gasteiger partial charge < -0.3 is 11.1 Å². The summed E-state index contributed by atoms with van der Waals surface area (Å²) in [5, 5.41) is 11.4. The van der Waals surface area contributed by atoms with Crippen LogP contribution in [0.2, 0.25) is 0 Å². The smallest absolute Gasteiger partial charge is 0.234 e. The lowest BCUT2D eigenvalue weighted by molar-refractivity contribution is -0.113. The predicted molar refractivity (Wildman–Crippen MR) is 93.3 cm³/mol. The van der Waals surface area contributed by atoms with E-state index in [1.165, 1.54) is 11.8 Å². The van der Waals surface area contributed by atoms with Gasteiger partial charge in [-0.25, -0.2) is 0 Å². The van der Waals surface area contributed by atoms with Crippen LogP contribution >= 0.6 is 34.4 Å². The molecule has 3 N–H and O–H groups in total. The van der Waals surface area contributed by atoms with E-state index in [4.69, 9.17) is 5.73 Å². The highest BCUT2D eigenvalue weighted by Gasteiger charge is 2.14. The van der Waals surface area contributed by atoms with Gasteiger partial charge in [0.05, 0.1) is 11.4 Å². The summed E-state index contributed by atoms with van der Waals surface area (Å²) in [7, 11) is 0. The lowest BCUT2D eigenvalue weighted by Gasteiger charge is -2.11. The Bertz CT molecular complexity index is 643. The molecule has 0 aliphatic rings. The number of carbonyl (C=O) groups is 1. The van der Waals surface area contributed by atoms with E-state index >= 15 is 0 Å². The number of amides is 1. The number of benzene rings is 1. The van der Waals surface area contributed by atoms with Crippen molar-refractivity contribution in [3.05, 3.63) is 27.8 Å². The number of hydrogen-bond acceptors (Lipinski definition) is 5. The maximum Gasteiger partial charge on any atom is 0.234 e. The van der Waals surface area contributed by atoms with Crippen molar-refractivity contribution >= 4 is 51.9 Å². The Morgan fingerprint density at radius 3 is 2.81 bits per heavy atom. The van der Waals surface area contributed by atoms with E-state index in [0.29, 0.717) is 11.1 Å². The minimum absolute atomic E-state index is 0.0824. The second-order valence-electron chi connectivity index (χ2n) is 4.62. The van der Waals surface area contributed by atoms with Crippen molar-refractivity contribution in [3.63, 3.8) is 0 Å². The molecule has 2 aromatic rings. The Hall–Kier alpha value is -1.29. The third-order valence-electron chi connectivity index (χ3n) is 2.69. The number of carbonyl (C=O) groups excluding carboxylic acids is 1. The largest absolute Gasteiger partial charge is 0.368 e. The topological polar surface area (TPSA) is 85.8 Å². The van der Waals surface area contributed by atoms with E-state index in [2.05, 4.69) is 38.1 Å². The molecule has 1 heterocycles. The second-order valence-corrected chi connectivity index (χ2v) is 6.73. The number of nitrogens with zero attached hydrogens (tertiary/aromatic N) is 3. The van der Waals surface area contributed by atoms with E-state index < -0.39 is 0 Å². The standard InChI is InChI=1S/C13H16IN5OS/c1-8(2)19-12(15)17-18-13(19)21-7-11(20)16-10-6-4-3-5-9(10)14/h3-6,8H,7H2,1-2H3,(H2,15,17)(H,16,20). The number of thioether (sulfide) groups is 1. The fourth-order valence-electron chi connectivity index (χ4n) is 1.75. The lowest BCUT2D eigenvalue weighted by Crippen LogP contribution is -2.15. The number of hydrogen-bond donors (Lipinski definition) is 2. The Balaban J connectivity index is 1.98. The summed E-state index contributed by atoms with van der Waals surface area (Å²) < 4.78 is 2.81. The number of rotatable bonds is 5. The van der Waals surface area contributed by atoms with Crippen molar-refractivity contribution in [2.24, 2.45) is 0 Å². The second kappa shape index (κ2) is 7.12. The summed E-state index contributed by atoms with van der Waals surface area (Å²) in [6.45, 7) is 3.99. The van der Waals surface area contributed by atoms with Crippen molar-refractivity contribution < 1.29 is 4.79 Å². The third-order valence-corrected chi connectivity index (χ3v) is 4.57. The minimum Gasteiger partial charge on any atom is -0.368 e. The number of anilines is 2. The first-order valence-corrected chi connectivity index (χ1v) is 8.43. The van der Waals surface area contributed by atoms with Gasteiger partial charge in [-0.15, -0.1) is 10.2 Å². The molecule has 0 saturated heterocycles. The van der Waals surface area contributed by atoms with Gasteiger partial charge in [0.25, 0.3) is 0 Å². The monoisotopic (exact) mass is 417 g/mol. The molecule has 2 rings (SSSR count). The van der Waals surface area contributed by atoms with Crippen LogP contribution in [0, 0.1) is 3.57 Å². The summed E-state index contributed by atoms with van der Waals surface area (Å²) in [6, 6.07) is 7.79. The molecule has 6 nitrogen and oxygen atoms in total. The van der Waals surface area contributed by atoms with Crippen LogP contribution in [0.3, 0.4) is 0 Å². The molecule has 0 unspecified atom stereocenters. The minimum atomic E-state index is -0.0824. The molecule has 1 aromatic carbocycles. The Labute approximate surface area is 141 Å². The molecule has 8 heteroatoms. The van der Waals surface area contributed by atoms with Crippen molar-refractivity contribution in [1.82, 2.24) is 14.8 Å². The summed E-state index contributed by atoms with van der Waals surface area (Å²) >= 11 is 3.51. The molecular weight excluding hydrogens is 401 g/mol. The maximum atomic E-state index is 12.0. The van der Waals surface area contributed by atoms with Crippen LogP contribution in [-0.4, -0.2) is 26.4 Å². The Morgan fingerprint density at radius 1 is 1.43 bits per heavy atom. The summed E-state index contributed by atoms with van der Waals surface area (Å²) in [4.78, 5) is 12.0. The van der Waals surface area contributed by atoms with E-state index in [1.807, 2.05) is 42.7 Å². The van der Waals surface area contributed by atoms with Crippen LogP contribution in [-0.2, 0) is 4.79 Å². The normalized spacial score (nSPS) is 10.9. The van der Waals surface area contributed by atoms with Gasteiger partial charge in [0.2, 0.25) is 11.9 Å². The fourth-order valence-corrected chi connectivity index (χ4v) is 3.15. The molecule has 112 valence electrons. The van der Waals surface area contributed by atoms with Crippen molar-refractivity contribution in [2.75, 3.05) is 16.8 Å². The number of para-hydroxylation sites is 1. The van der Waals surface area contributed by atoms with Crippen LogP contribution in [0.1, 0.15) is 19.9 Å². The van der Waals surface area contributed by atoms with Crippen LogP contribution in [0.25, 0.3) is 0 Å². The van der Waals surface area contributed by atoms with Gasteiger partial charge in [0, 0.05) is 9.61 Å². The first kappa shape index (κ1) is 16.1. The SMILES string of the molecule is CC(C)n1c(N)nnc1SCC(=O)Nc1ccccc1I. The van der Waals surface area contributed by atoms with Crippen molar-refractivity contribution in [1.29, 1.82) is 0 Å². The van der Waals surface area contributed by atoms with Gasteiger partial charge in [0.15, 0.2) is 5.16 Å². The first-order valence-electron chi connectivity index (χ1n) is 6.36. The van der Waals surface area contributed by atoms with Crippen LogP contribution in [0.4, 0.5) is 11.6 Å². The predicted octanol–water partition coefficient (Wildman–Crippen LogP) is 2.78. The van der Waals surface area contributed by atoms with Gasteiger partial charge in [-0.3, -0.25) is 9.36 Å². The maximum absolute atomic E-state index is 12.0. The quantitative estimate of drug-likeness (QED) is 0.577. The molecule has 0 fully saturated rings. The van der Waals surface area contributed by atoms with Crippen LogP contribution in [0.15, 0.2) is 29.4 Å². The fraction of sp³-hybridized carbons (Fsp3) is 0.308. The van der Waals surface area contributed by atoms with Crippen LogP contribution < -0.4 is 11.1 Å². The van der Waals surface area contributed by atoms with E-state index in [-0.39, 0.29) is 17.7 Å². The average molecular weight is 417 g/mol. The van der Waals surface area contributed by atoms with Gasteiger partial charge in [-0.1, -0.05) is 23.9 Å². The van der Waals surface area contributed by atoms with Gasteiger partial charge in [-0.05, 0) is 48.6 Å². The Kier molecular flexibility index (Phi) is 5.45. The number of nitrogens with one attached hydrogen (secondary N) is 1. The number of halogens is 1. The van der Waals surface area contributed by atoms with E-state index in [0.717, 1.165) is 9.26 Å². The zero-order chi connectivity index (χ0) is 15.4. The highest BCUT2D eigenvalue weighted by Crippen LogP contribution is 2.23. The molecule has 0 aliphatic carbocycles. The summed E-state index contributed by atoms with van der Waals surface area (Å²) in [5.74, 6) is 0.544. The zero-order valence-corrected chi connectivity index (χ0v) is 14.7. The van der Waals surface area contributed by atoms with Gasteiger partial charge >= 0.3 is 0 Å². The highest BCUT2D eigenvalue weighted by molar-refractivity contribution is 14.1. The molecule has 1 aromatic heterocycles. The number of aromatic nitrogens is 3. The average Bonchev–Trinajstić information content (AvgIpc) is 2.80. The first-order chi connectivity index (χ1) is 9.99. The lowest BCUT2D eigenvalue weighted by atomic mass is 10.3. The molecular formula is C13H16IN5OS. The zero-order valence-electron chi connectivity index (χ0n) is 11.7. The number of nitrogen functional groups attached to an aromatic ring is 1. The van der Waals surface area contributed by atoms with E-state index in [9.17, 15) is 4.79 Å². The summed E-state index contributed by atoms with van der Waals surface area (Å²) in [6.07, 6.45) is 0.